The number of amides is 1. The van der Waals surface area contributed by atoms with Crippen molar-refractivity contribution >= 4 is 17.6 Å². The van der Waals surface area contributed by atoms with Crippen LogP contribution in [0.15, 0.2) is 36.4 Å². The molecule has 1 aromatic rings. The minimum absolute atomic E-state index is 0.237. The number of benzene rings is 1. The van der Waals surface area contributed by atoms with Crippen LogP contribution in [0.4, 0.5) is 0 Å². The number of carbonyl (C=O) groups is 2. The van der Waals surface area contributed by atoms with Gasteiger partial charge in [-0.1, -0.05) is 30.3 Å². The van der Waals surface area contributed by atoms with E-state index in [2.05, 4.69) is 10.1 Å². The van der Waals surface area contributed by atoms with Gasteiger partial charge < -0.3 is 10.1 Å². The van der Waals surface area contributed by atoms with Crippen LogP contribution in [-0.2, 0) is 14.3 Å². The Balaban J connectivity index is 3.01. The van der Waals surface area contributed by atoms with Crippen LogP contribution in [0.25, 0.3) is 5.70 Å². The van der Waals surface area contributed by atoms with E-state index in [0.717, 1.165) is 5.56 Å². The van der Waals surface area contributed by atoms with E-state index in [0.29, 0.717) is 5.70 Å². The van der Waals surface area contributed by atoms with E-state index >= 15 is 0 Å². The molecular formula is C12H13NO3. The molecule has 4 heteroatoms. The smallest absolute Gasteiger partial charge is 0.332 e. The summed E-state index contributed by atoms with van der Waals surface area (Å²) in [5.41, 5.74) is 1.18. The monoisotopic (exact) mass is 219 g/mol. The number of carbonyl (C=O) groups excluding carboxylic acids is 2. The molecule has 0 radical (unpaired) electrons. The van der Waals surface area contributed by atoms with Gasteiger partial charge in [-0.15, -0.1) is 0 Å². The lowest BCUT2D eigenvalue weighted by Crippen LogP contribution is -2.19. The molecule has 0 aliphatic carbocycles. The van der Waals surface area contributed by atoms with E-state index in [4.69, 9.17) is 0 Å². The molecule has 0 atom stereocenters. The molecule has 0 saturated carbocycles. The third kappa shape index (κ3) is 3.57. The van der Waals surface area contributed by atoms with Gasteiger partial charge in [0, 0.05) is 13.0 Å². The third-order valence-corrected chi connectivity index (χ3v) is 1.86. The maximum atomic E-state index is 11.1. The Morgan fingerprint density at radius 3 is 2.38 bits per heavy atom. The molecular weight excluding hydrogens is 206 g/mol. The van der Waals surface area contributed by atoms with Gasteiger partial charge >= 0.3 is 5.97 Å². The zero-order chi connectivity index (χ0) is 12.0. The Kier molecular flexibility index (Phi) is 4.27. The molecule has 1 rings (SSSR count). The van der Waals surface area contributed by atoms with Crippen molar-refractivity contribution in [3.63, 3.8) is 0 Å². The van der Waals surface area contributed by atoms with Crippen molar-refractivity contribution in [1.82, 2.24) is 5.32 Å². The number of hydrogen-bond donors (Lipinski definition) is 1. The average molecular weight is 219 g/mol. The minimum Gasteiger partial charge on any atom is -0.466 e. The van der Waals surface area contributed by atoms with E-state index in [1.165, 1.54) is 20.1 Å². The molecule has 1 aromatic carbocycles. The summed E-state index contributed by atoms with van der Waals surface area (Å²) in [6, 6.07) is 9.09. The Bertz CT molecular complexity index is 410. The van der Waals surface area contributed by atoms with Gasteiger partial charge in [-0.2, -0.15) is 0 Å². The predicted molar refractivity (Wildman–Crippen MR) is 60.3 cm³/mol. The molecule has 4 nitrogen and oxygen atoms in total. The van der Waals surface area contributed by atoms with E-state index in [9.17, 15) is 9.59 Å². The van der Waals surface area contributed by atoms with Crippen LogP contribution in [0, 0.1) is 0 Å². The van der Waals surface area contributed by atoms with E-state index in [-0.39, 0.29) is 5.91 Å². The summed E-state index contributed by atoms with van der Waals surface area (Å²) in [6.07, 6.45) is 1.25. The van der Waals surface area contributed by atoms with Crippen molar-refractivity contribution in [2.45, 2.75) is 6.92 Å². The summed E-state index contributed by atoms with van der Waals surface area (Å²) in [4.78, 5) is 22.1. The summed E-state index contributed by atoms with van der Waals surface area (Å²) >= 11 is 0. The molecule has 0 unspecified atom stereocenters. The third-order valence-electron chi connectivity index (χ3n) is 1.86. The second-order valence-corrected chi connectivity index (χ2v) is 3.13. The summed E-state index contributed by atoms with van der Waals surface area (Å²) in [5, 5.41) is 2.58. The Hall–Kier alpha value is -2.10. The van der Waals surface area contributed by atoms with Gasteiger partial charge in [-0.05, 0) is 5.56 Å². The number of hydrogen-bond acceptors (Lipinski definition) is 3. The average Bonchev–Trinajstić information content (AvgIpc) is 2.28. The largest absolute Gasteiger partial charge is 0.466 e. The van der Waals surface area contributed by atoms with Crippen molar-refractivity contribution in [1.29, 1.82) is 0 Å². The first-order valence-electron chi connectivity index (χ1n) is 4.76. The first-order chi connectivity index (χ1) is 7.63. The molecule has 84 valence electrons. The molecule has 0 fully saturated rings. The number of nitrogens with one attached hydrogen (secondary N) is 1. The summed E-state index contributed by atoms with van der Waals surface area (Å²) in [5.74, 6) is -0.744. The zero-order valence-corrected chi connectivity index (χ0v) is 9.19. The first-order valence-corrected chi connectivity index (χ1v) is 4.76. The lowest BCUT2D eigenvalue weighted by Gasteiger charge is -2.07. The van der Waals surface area contributed by atoms with Gasteiger partial charge in [0.1, 0.15) is 0 Å². The lowest BCUT2D eigenvalue weighted by atomic mass is 10.1. The zero-order valence-electron chi connectivity index (χ0n) is 9.19. The second-order valence-electron chi connectivity index (χ2n) is 3.13. The number of methoxy groups -OCH3 is 1. The normalized spacial score (nSPS) is 10.8. The summed E-state index contributed by atoms with van der Waals surface area (Å²) < 4.78 is 4.52. The number of esters is 1. The molecule has 0 spiro atoms. The maximum absolute atomic E-state index is 11.1. The molecule has 0 bridgehead atoms. The highest BCUT2D eigenvalue weighted by Gasteiger charge is 2.05. The van der Waals surface area contributed by atoms with Crippen molar-refractivity contribution < 1.29 is 14.3 Å². The fraction of sp³-hybridized carbons (Fsp3) is 0.167. The maximum Gasteiger partial charge on any atom is 0.332 e. The molecule has 0 aliphatic rings. The fourth-order valence-corrected chi connectivity index (χ4v) is 1.18. The van der Waals surface area contributed by atoms with Crippen LogP contribution in [0.2, 0.25) is 0 Å². The molecule has 0 aliphatic heterocycles. The van der Waals surface area contributed by atoms with E-state index in [1.54, 1.807) is 12.1 Å². The summed E-state index contributed by atoms with van der Waals surface area (Å²) in [7, 11) is 1.29. The molecule has 0 heterocycles. The van der Waals surface area contributed by atoms with Gasteiger partial charge in [0.25, 0.3) is 0 Å². The molecule has 16 heavy (non-hydrogen) atoms. The standard InChI is InChI=1S/C12H13NO3/c1-9(14)13-11(8-12(15)16-2)10-6-4-3-5-7-10/h3-8H,1-2H3,(H,13,14)/b11-8-. The van der Waals surface area contributed by atoms with Gasteiger partial charge in [0.2, 0.25) is 5.91 Å². The number of ether oxygens (including phenoxy) is 1. The molecule has 1 amide bonds. The van der Waals surface area contributed by atoms with E-state index in [1.807, 2.05) is 18.2 Å². The van der Waals surface area contributed by atoms with Crippen LogP contribution in [0.1, 0.15) is 12.5 Å². The van der Waals surface area contributed by atoms with Crippen LogP contribution >= 0.6 is 0 Å². The number of rotatable bonds is 3. The molecule has 0 saturated heterocycles. The Labute approximate surface area is 93.9 Å². The Morgan fingerprint density at radius 1 is 1.25 bits per heavy atom. The topological polar surface area (TPSA) is 55.4 Å². The van der Waals surface area contributed by atoms with Crippen LogP contribution in [-0.4, -0.2) is 19.0 Å². The first kappa shape index (κ1) is 12.0. The van der Waals surface area contributed by atoms with Gasteiger partial charge in [-0.3, -0.25) is 4.79 Å². The van der Waals surface area contributed by atoms with E-state index < -0.39 is 5.97 Å². The molecule has 1 N–H and O–H groups in total. The van der Waals surface area contributed by atoms with Crippen molar-refractivity contribution in [2.75, 3.05) is 7.11 Å². The lowest BCUT2D eigenvalue weighted by molar-refractivity contribution is -0.134. The van der Waals surface area contributed by atoms with Crippen molar-refractivity contribution in [3.05, 3.63) is 42.0 Å². The van der Waals surface area contributed by atoms with Crippen LogP contribution in [0.5, 0.6) is 0 Å². The quantitative estimate of drug-likeness (QED) is 0.616. The van der Waals surface area contributed by atoms with Gasteiger partial charge in [-0.25, -0.2) is 4.79 Å². The van der Waals surface area contributed by atoms with Gasteiger partial charge in [0.05, 0.1) is 12.8 Å². The van der Waals surface area contributed by atoms with Crippen LogP contribution < -0.4 is 5.32 Å². The second kappa shape index (κ2) is 5.70. The Morgan fingerprint density at radius 2 is 1.88 bits per heavy atom. The van der Waals surface area contributed by atoms with Gasteiger partial charge in [0.15, 0.2) is 0 Å². The SMILES string of the molecule is COC(=O)/C=C(\NC(C)=O)c1ccccc1. The fourth-order valence-electron chi connectivity index (χ4n) is 1.18. The summed E-state index contributed by atoms with van der Waals surface area (Å²) in [6.45, 7) is 1.38. The molecule has 0 aromatic heterocycles. The minimum atomic E-state index is -0.507. The van der Waals surface area contributed by atoms with Crippen molar-refractivity contribution in [2.24, 2.45) is 0 Å². The predicted octanol–water partition coefficient (Wildman–Crippen LogP) is 1.34. The van der Waals surface area contributed by atoms with Crippen molar-refractivity contribution in [3.8, 4) is 0 Å². The highest BCUT2D eigenvalue weighted by molar-refractivity contribution is 5.95. The highest BCUT2D eigenvalue weighted by Crippen LogP contribution is 2.10. The van der Waals surface area contributed by atoms with Crippen LogP contribution in [0.3, 0.4) is 0 Å². The highest BCUT2D eigenvalue weighted by atomic mass is 16.5.